The summed E-state index contributed by atoms with van der Waals surface area (Å²) in [5.74, 6) is 1.80. The molecule has 0 radical (unpaired) electrons. The van der Waals surface area contributed by atoms with E-state index in [2.05, 4.69) is 41.0 Å². The van der Waals surface area contributed by atoms with Crippen LogP contribution in [0.15, 0.2) is 72.8 Å². The number of fused-ring (bicyclic) bond motifs is 1. The van der Waals surface area contributed by atoms with Crippen LogP contribution in [-0.2, 0) is 13.0 Å². The van der Waals surface area contributed by atoms with Crippen molar-refractivity contribution >= 4 is 22.6 Å². The Hall–Kier alpha value is -2.78. The van der Waals surface area contributed by atoms with Gasteiger partial charge in [-0.1, -0.05) is 41.9 Å². The van der Waals surface area contributed by atoms with E-state index < -0.39 is 0 Å². The zero-order valence-corrected chi connectivity index (χ0v) is 16.0. The minimum Gasteiger partial charge on any atom is -0.497 e. The molecule has 0 amide bonds. The molecule has 0 saturated carbocycles. The molecular weight excluding hydrogens is 356 g/mol. The molecule has 0 aliphatic rings. The Morgan fingerprint density at radius 1 is 0.963 bits per heavy atom. The van der Waals surface area contributed by atoms with Crippen LogP contribution >= 0.6 is 11.6 Å². The lowest BCUT2D eigenvalue weighted by Crippen LogP contribution is -2.02. The lowest BCUT2D eigenvalue weighted by molar-refractivity contribution is 0.415. The van der Waals surface area contributed by atoms with Crippen LogP contribution in [0.1, 0.15) is 12.0 Å². The second-order valence-electron chi connectivity index (χ2n) is 6.54. The number of methoxy groups -OCH3 is 1. The molecule has 0 aliphatic carbocycles. The molecular formula is C23H21ClN2O. The van der Waals surface area contributed by atoms with Crippen LogP contribution in [-0.4, -0.2) is 16.7 Å². The smallest absolute Gasteiger partial charge is 0.141 e. The second kappa shape index (κ2) is 7.85. The van der Waals surface area contributed by atoms with Gasteiger partial charge in [0.15, 0.2) is 0 Å². The van der Waals surface area contributed by atoms with Gasteiger partial charge >= 0.3 is 0 Å². The average Bonchev–Trinajstić information content (AvgIpc) is 3.07. The third-order valence-corrected chi connectivity index (χ3v) is 5.00. The highest BCUT2D eigenvalue weighted by Crippen LogP contribution is 2.29. The third-order valence-electron chi connectivity index (χ3n) is 4.75. The first-order valence-corrected chi connectivity index (χ1v) is 9.46. The summed E-state index contributed by atoms with van der Waals surface area (Å²) in [5, 5.41) is 0.729. The summed E-state index contributed by atoms with van der Waals surface area (Å²) in [6, 6.07) is 24.5. The molecule has 0 aliphatic heterocycles. The summed E-state index contributed by atoms with van der Waals surface area (Å²) in [6.07, 6.45) is 2.07. The first-order valence-electron chi connectivity index (χ1n) is 9.09. The van der Waals surface area contributed by atoms with Gasteiger partial charge in [-0.25, -0.2) is 4.98 Å². The fourth-order valence-corrected chi connectivity index (χ4v) is 3.49. The molecule has 0 bridgehead atoms. The van der Waals surface area contributed by atoms with Crippen molar-refractivity contribution in [3.63, 3.8) is 0 Å². The summed E-state index contributed by atoms with van der Waals surface area (Å²) in [7, 11) is 1.69. The molecule has 1 aromatic heterocycles. The van der Waals surface area contributed by atoms with Crippen molar-refractivity contribution in [2.24, 2.45) is 0 Å². The van der Waals surface area contributed by atoms with Crippen molar-refractivity contribution in [2.45, 2.75) is 19.4 Å². The van der Waals surface area contributed by atoms with Crippen LogP contribution in [0.5, 0.6) is 5.75 Å². The first-order chi connectivity index (χ1) is 13.2. The van der Waals surface area contributed by atoms with Crippen molar-refractivity contribution < 1.29 is 4.74 Å². The van der Waals surface area contributed by atoms with Crippen LogP contribution in [0.3, 0.4) is 0 Å². The highest BCUT2D eigenvalue weighted by molar-refractivity contribution is 6.30. The van der Waals surface area contributed by atoms with Gasteiger partial charge in [-0.05, 0) is 54.8 Å². The lowest BCUT2D eigenvalue weighted by Gasteiger charge is -2.10. The fraction of sp³-hybridized carbons (Fsp3) is 0.174. The van der Waals surface area contributed by atoms with Gasteiger partial charge in [0.05, 0.1) is 18.1 Å². The van der Waals surface area contributed by atoms with E-state index in [9.17, 15) is 0 Å². The number of benzene rings is 3. The summed E-state index contributed by atoms with van der Waals surface area (Å²) in [6.45, 7) is 0.885. The average molecular weight is 377 g/mol. The van der Waals surface area contributed by atoms with E-state index in [0.717, 1.165) is 52.6 Å². The van der Waals surface area contributed by atoms with Crippen LogP contribution in [0.4, 0.5) is 0 Å². The van der Waals surface area contributed by atoms with E-state index in [0.29, 0.717) is 0 Å². The molecule has 0 unspecified atom stereocenters. The molecule has 0 atom stereocenters. The van der Waals surface area contributed by atoms with Crippen LogP contribution in [0.2, 0.25) is 5.02 Å². The van der Waals surface area contributed by atoms with Gasteiger partial charge in [0.2, 0.25) is 0 Å². The fourth-order valence-electron chi connectivity index (χ4n) is 3.36. The summed E-state index contributed by atoms with van der Waals surface area (Å²) >= 11 is 6.06. The van der Waals surface area contributed by atoms with Gasteiger partial charge < -0.3 is 9.30 Å². The summed E-state index contributed by atoms with van der Waals surface area (Å²) < 4.78 is 7.71. The van der Waals surface area contributed by atoms with Crippen LogP contribution < -0.4 is 4.74 Å². The third kappa shape index (κ3) is 3.83. The van der Waals surface area contributed by atoms with Crippen molar-refractivity contribution in [3.05, 3.63) is 83.4 Å². The van der Waals surface area contributed by atoms with E-state index in [4.69, 9.17) is 21.3 Å². The molecule has 4 rings (SSSR count). The van der Waals surface area contributed by atoms with Crippen molar-refractivity contribution in [2.75, 3.05) is 7.11 Å². The minimum atomic E-state index is 0.729. The topological polar surface area (TPSA) is 27.1 Å². The monoisotopic (exact) mass is 376 g/mol. The maximum absolute atomic E-state index is 6.06. The number of aryl methyl sites for hydroxylation is 2. The number of hydrogen-bond donors (Lipinski definition) is 0. The number of imidazole rings is 1. The number of aromatic nitrogens is 2. The number of halogens is 1. The van der Waals surface area contributed by atoms with Crippen LogP contribution in [0.25, 0.3) is 22.4 Å². The molecule has 1 heterocycles. The summed E-state index contributed by atoms with van der Waals surface area (Å²) in [5.41, 5.74) is 4.48. The molecule has 0 saturated heterocycles. The summed E-state index contributed by atoms with van der Waals surface area (Å²) in [4.78, 5) is 4.88. The maximum Gasteiger partial charge on any atom is 0.141 e. The normalized spacial score (nSPS) is 11.0. The minimum absolute atomic E-state index is 0.729. The van der Waals surface area contributed by atoms with Crippen molar-refractivity contribution in [3.8, 4) is 17.1 Å². The van der Waals surface area contributed by atoms with E-state index in [1.807, 2.05) is 36.4 Å². The number of nitrogens with zero attached hydrogens (tertiary/aromatic N) is 2. The SMILES string of the molecule is COc1ccc2nc(-c3ccc(Cl)cc3)n(CCCc3ccccc3)c2c1. The molecule has 0 N–H and O–H groups in total. The largest absolute Gasteiger partial charge is 0.497 e. The lowest BCUT2D eigenvalue weighted by atomic mass is 10.1. The van der Waals surface area contributed by atoms with E-state index >= 15 is 0 Å². The predicted molar refractivity (Wildman–Crippen MR) is 111 cm³/mol. The van der Waals surface area contributed by atoms with Gasteiger partial charge in [-0.15, -0.1) is 0 Å². The number of hydrogen-bond acceptors (Lipinski definition) is 2. The highest BCUT2D eigenvalue weighted by Gasteiger charge is 2.13. The molecule has 4 heteroatoms. The quantitative estimate of drug-likeness (QED) is 0.412. The molecule has 136 valence electrons. The van der Waals surface area contributed by atoms with Gasteiger partial charge in [0.1, 0.15) is 11.6 Å². The van der Waals surface area contributed by atoms with Crippen molar-refractivity contribution in [1.29, 1.82) is 0 Å². The Kier molecular flexibility index (Phi) is 5.12. The van der Waals surface area contributed by atoms with E-state index in [1.54, 1.807) is 7.11 Å². The molecule has 3 nitrogen and oxygen atoms in total. The molecule has 0 fully saturated rings. The van der Waals surface area contributed by atoms with Gasteiger partial charge in [-0.2, -0.15) is 0 Å². The van der Waals surface area contributed by atoms with E-state index in [1.165, 1.54) is 5.56 Å². The Labute approximate surface area is 164 Å². The molecule has 27 heavy (non-hydrogen) atoms. The maximum atomic E-state index is 6.06. The Balaban J connectivity index is 1.70. The molecule has 3 aromatic carbocycles. The highest BCUT2D eigenvalue weighted by atomic mass is 35.5. The molecule has 0 spiro atoms. The van der Waals surface area contributed by atoms with Crippen LogP contribution in [0, 0.1) is 0 Å². The number of rotatable bonds is 6. The Morgan fingerprint density at radius 3 is 2.48 bits per heavy atom. The van der Waals surface area contributed by atoms with Gasteiger partial charge in [0, 0.05) is 23.2 Å². The zero-order valence-electron chi connectivity index (χ0n) is 15.2. The standard InChI is InChI=1S/C23H21ClN2O/c1-27-20-13-14-21-22(16-20)26(15-5-8-17-6-3-2-4-7-17)23(25-21)18-9-11-19(24)12-10-18/h2-4,6-7,9-14,16H,5,8,15H2,1H3. The second-order valence-corrected chi connectivity index (χ2v) is 6.97. The number of ether oxygens (including phenoxy) is 1. The Bertz CT molecular complexity index is 1040. The van der Waals surface area contributed by atoms with Gasteiger partial charge in [-0.3, -0.25) is 0 Å². The predicted octanol–water partition coefficient (Wildman–Crippen LogP) is 6.00. The Morgan fingerprint density at radius 2 is 1.74 bits per heavy atom. The van der Waals surface area contributed by atoms with Crippen molar-refractivity contribution in [1.82, 2.24) is 9.55 Å². The van der Waals surface area contributed by atoms with Gasteiger partial charge in [0.25, 0.3) is 0 Å². The first kappa shape index (κ1) is 17.6. The van der Waals surface area contributed by atoms with E-state index in [-0.39, 0.29) is 0 Å². The zero-order chi connectivity index (χ0) is 18.6. The molecule has 4 aromatic rings.